The average molecular weight is 368 g/mol. The van der Waals surface area contributed by atoms with E-state index in [0.717, 1.165) is 50.8 Å². The Labute approximate surface area is 160 Å². The lowest BCUT2D eigenvalue weighted by Gasteiger charge is -2.26. The van der Waals surface area contributed by atoms with Crippen molar-refractivity contribution in [2.75, 3.05) is 40.8 Å². The number of aliphatic imine (C=N–C) groups is 1. The highest BCUT2D eigenvalue weighted by atomic mass is 16.2. The third-order valence-electron chi connectivity index (χ3n) is 5.03. The number of carbonyl (C=O) groups excluding carboxylic acids is 1. The van der Waals surface area contributed by atoms with Crippen LogP contribution in [0.15, 0.2) is 4.99 Å². The van der Waals surface area contributed by atoms with E-state index >= 15 is 0 Å². The molecule has 26 heavy (non-hydrogen) atoms. The first-order valence-electron chi connectivity index (χ1n) is 10.3. The molecule has 0 aromatic carbocycles. The summed E-state index contributed by atoms with van der Waals surface area (Å²) in [7, 11) is 5.51. The van der Waals surface area contributed by atoms with E-state index in [1.807, 2.05) is 21.1 Å². The van der Waals surface area contributed by atoms with E-state index in [0.29, 0.717) is 6.04 Å². The van der Waals surface area contributed by atoms with E-state index in [-0.39, 0.29) is 11.9 Å². The van der Waals surface area contributed by atoms with Crippen molar-refractivity contribution in [2.24, 2.45) is 10.9 Å². The van der Waals surface area contributed by atoms with E-state index in [9.17, 15) is 4.79 Å². The summed E-state index contributed by atoms with van der Waals surface area (Å²) in [5.41, 5.74) is 0. The Kier molecular flexibility index (Phi) is 10.6. The number of nitrogens with zero attached hydrogens (tertiary/aromatic N) is 3. The molecule has 6 heteroatoms. The van der Waals surface area contributed by atoms with Crippen LogP contribution in [0.5, 0.6) is 0 Å². The molecule has 1 heterocycles. The number of likely N-dealkylation sites (N-methyl/N-ethyl adjacent to an activating group) is 1. The van der Waals surface area contributed by atoms with Crippen molar-refractivity contribution in [3.8, 4) is 0 Å². The fraction of sp³-hybridized carbons (Fsp3) is 0.900. The third kappa shape index (κ3) is 8.39. The van der Waals surface area contributed by atoms with E-state index < -0.39 is 0 Å². The lowest BCUT2D eigenvalue weighted by atomic mass is 10.0. The topological polar surface area (TPSA) is 60.0 Å². The van der Waals surface area contributed by atoms with Crippen LogP contribution >= 0.6 is 0 Å². The normalized spacial score (nSPS) is 19.7. The smallest absolute Gasteiger partial charge is 0.239 e. The highest BCUT2D eigenvalue weighted by Crippen LogP contribution is 2.18. The molecule has 152 valence electrons. The summed E-state index contributed by atoms with van der Waals surface area (Å²) in [6.07, 6.45) is 6.82. The van der Waals surface area contributed by atoms with Gasteiger partial charge >= 0.3 is 0 Å². The average Bonchev–Trinajstić information content (AvgIpc) is 3.04. The predicted molar refractivity (Wildman–Crippen MR) is 111 cm³/mol. The summed E-state index contributed by atoms with van der Waals surface area (Å²) in [4.78, 5) is 20.6. The number of hydrogen-bond donors (Lipinski definition) is 2. The molecule has 1 amide bonds. The Morgan fingerprint density at radius 2 is 1.96 bits per heavy atom. The largest absolute Gasteiger partial charge is 0.356 e. The van der Waals surface area contributed by atoms with Gasteiger partial charge in [0.15, 0.2) is 5.96 Å². The van der Waals surface area contributed by atoms with Crippen molar-refractivity contribution >= 4 is 11.9 Å². The van der Waals surface area contributed by atoms with Gasteiger partial charge in [-0.15, -0.1) is 0 Å². The number of carbonyl (C=O) groups is 1. The van der Waals surface area contributed by atoms with Crippen LogP contribution in [0.2, 0.25) is 0 Å². The Bertz CT molecular complexity index is 436. The molecule has 1 rings (SSSR count). The summed E-state index contributed by atoms with van der Waals surface area (Å²) in [6.45, 7) is 9.63. The van der Waals surface area contributed by atoms with Crippen molar-refractivity contribution in [1.82, 2.24) is 20.4 Å². The number of guanidine groups is 1. The highest BCUT2D eigenvalue weighted by Gasteiger charge is 2.30. The summed E-state index contributed by atoms with van der Waals surface area (Å²) in [5, 5.41) is 6.88. The molecule has 1 saturated heterocycles. The monoisotopic (exact) mass is 367 g/mol. The minimum absolute atomic E-state index is 0.0726. The fourth-order valence-electron chi connectivity index (χ4n) is 3.49. The zero-order valence-electron chi connectivity index (χ0n) is 17.8. The fourth-order valence-corrected chi connectivity index (χ4v) is 3.49. The number of likely N-dealkylation sites (tertiary alicyclic amines) is 1. The molecule has 0 bridgehead atoms. The second-order valence-corrected chi connectivity index (χ2v) is 8.15. The van der Waals surface area contributed by atoms with Crippen molar-refractivity contribution < 1.29 is 4.79 Å². The molecular weight excluding hydrogens is 326 g/mol. The second kappa shape index (κ2) is 12.2. The maximum absolute atomic E-state index is 12.2. The summed E-state index contributed by atoms with van der Waals surface area (Å²) < 4.78 is 0. The van der Waals surface area contributed by atoms with Gasteiger partial charge in [-0.3, -0.25) is 14.7 Å². The quantitative estimate of drug-likeness (QED) is 0.353. The van der Waals surface area contributed by atoms with Gasteiger partial charge in [-0.25, -0.2) is 0 Å². The molecule has 2 atom stereocenters. The molecule has 1 fully saturated rings. The third-order valence-corrected chi connectivity index (χ3v) is 5.03. The maximum Gasteiger partial charge on any atom is 0.239 e. The Morgan fingerprint density at radius 3 is 2.58 bits per heavy atom. The lowest BCUT2D eigenvalue weighted by molar-refractivity contribution is -0.133. The second-order valence-electron chi connectivity index (χ2n) is 8.15. The molecule has 0 aliphatic carbocycles. The SMILES string of the molecule is CN=C(NCCCN1CCCC1C(=O)N(C)C)NC(C)CCCC(C)C. The summed E-state index contributed by atoms with van der Waals surface area (Å²) in [6, 6.07) is 0.504. The lowest BCUT2D eigenvalue weighted by Crippen LogP contribution is -2.45. The Balaban J connectivity index is 2.25. The molecule has 2 N–H and O–H groups in total. The Morgan fingerprint density at radius 1 is 1.23 bits per heavy atom. The molecule has 0 aromatic rings. The van der Waals surface area contributed by atoms with E-state index in [4.69, 9.17) is 0 Å². The van der Waals surface area contributed by atoms with Crippen molar-refractivity contribution in [1.29, 1.82) is 0 Å². The van der Waals surface area contributed by atoms with Crippen molar-refractivity contribution in [2.45, 2.75) is 71.4 Å². The van der Waals surface area contributed by atoms with Crippen LogP contribution in [0.25, 0.3) is 0 Å². The highest BCUT2D eigenvalue weighted by molar-refractivity contribution is 5.81. The first-order valence-corrected chi connectivity index (χ1v) is 10.3. The number of hydrogen-bond acceptors (Lipinski definition) is 3. The molecule has 1 aliphatic rings. The molecule has 2 unspecified atom stereocenters. The van der Waals surface area contributed by atoms with Crippen molar-refractivity contribution in [3.05, 3.63) is 0 Å². The molecule has 6 nitrogen and oxygen atoms in total. The van der Waals surface area contributed by atoms with Crippen LogP contribution in [0, 0.1) is 5.92 Å². The van der Waals surface area contributed by atoms with E-state index in [2.05, 4.69) is 41.3 Å². The van der Waals surface area contributed by atoms with Gasteiger partial charge in [0.25, 0.3) is 0 Å². The molecule has 1 aliphatic heterocycles. The molecule has 0 radical (unpaired) electrons. The zero-order valence-corrected chi connectivity index (χ0v) is 17.8. The van der Waals surface area contributed by atoms with Gasteiger partial charge in [0.2, 0.25) is 5.91 Å². The van der Waals surface area contributed by atoms with Gasteiger partial charge in [-0.1, -0.05) is 26.7 Å². The predicted octanol–water partition coefficient (Wildman–Crippen LogP) is 2.31. The summed E-state index contributed by atoms with van der Waals surface area (Å²) >= 11 is 0. The van der Waals surface area contributed by atoms with Crippen LogP contribution in [0.1, 0.15) is 59.3 Å². The first-order chi connectivity index (χ1) is 12.3. The van der Waals surface area contributed by atoms with Gasteiger partial charge in [-0.2, -0.15) is 0 Å². The molecule has 0 aromatic heterocycles. The first kappa shape index (κ1) is 22.7. The van der Waals surface area contributed by atoms with Gasteiger partial charge in [0.1, 0.15) is 0 Å². The van der Waals surface area contributed by atoms with Gasteiger partial charge in [0.05, 0.1) is 6.04 Å². The van der Waals surface area contributed by atoms with E-state index in [1.54, 1.807) is 4.90 Å². The molecule has 0 spiro atoms. The molecule has 0 saturated carbocycles. The van der Waals surface area contributed by atoms with Crippen LogP contribution in [-0.2, 0) is 4.79 Å². The summed E-state index contributed by atoms with van der Waals surface area (Å²) in [5.74, 6) is 1.89. The van der Waals surface area contributed by atoms with Gasteiger partial charge in [0, 0.05) is 40.3 Å². The van der Waals surface area contributed by atoms with Crippen molar-refractivity contribution in [3.63, 3.8) is 0 Å². The number of rotatable bonds is 10. The standard InChI is InChI=1S/C20H41N5O/c1-16(2)10-7-11-17(3)23-20(21-4)22-13-9-15-25-14-8-12-18(25)19(26)24(5)6/h16-18H,7-15H2,1-6H3,(H2,21,22,23). The van der Waals surface area contributed by atoms with Crippen LogP contribution in [-0.4, -0.2) is 74.5 Å². The number of nitrogens with one attached hydrogen (secondary N) is 2. The maximum atomic E-state index is 12.2. The number of amides is 1. The van der Waals surface area contributed by atoms with Crippen LogP contribution in [0.3, 0.4) is 0 Å². The van der Waals surface area contributed by atoms with Gasteiger partial charge in [-0.05, 0) is 45.1 Å². The molecular formula is C20H41N5O. The Hall–Kier alpha value is -1.30. The zero-order chi connectivity index (χ0) is 19.5. The van der Waals surface area contributed by atoms with Crippen LogP contribution in [0.4, 0.5) is 0 Å². The van der Waals surface area contributed by atoms with E-state index in [1.165, 1.54) is 19.3 Å². The van der Waals surface area contributed by atoms with Crippen LogP contribution < -0.4 is 10.6 Å². The van der Waals surface area contributed by atoms with Gasteiger partial charge < -0.3 is 15.5 Å². The minimum Gasteiger partial charge on any atom is -0.356 e. The minimum atomic E-state index is 0.0726.